The molecule has 2 N–H and O–H groups in total. The maximum atomic E-state index is 5.15. The molecule has 94 valence electrons. The lowest BCUT2D eigenvalue weighted by molar-refractivity contribution is 0.830. The molecule has 5 heteroatoms. The Balaban J connectivity index is 2.07. The number of anilines is 1. The third-order valence-electron chi connectivity index (χ3n) is 2.51. The van der Waals surface area contributed by atoms with E-state index in [9.17, 15) is 0 Å². The Kier molecular flexibility index (Phi) is 4.41. The minimum Gasteiger partial charge on any atom is -0.367 e. The summed E-state index contributed by atoms with van der Waals surface area (Å²) in [6, 6.07) is 5.81. The van der Waals surface area contributed by atoms with Gasteiger partial charge in [-0.15, -0.1) is 0 Å². The van der Waals surface area contributed by atoms with Gasteiger partial charge in [-0.1, -0.05) is 19.1 Å². The maximum Gasteiger partial charge on any atom is 0.131 e. The molecule has 0 aliphatic carbocycles. The van der Waals surface area contributed by atoms with Crippen LogP contribution in [0.15, 0.2) is 30.6 Å². The molecular formula is C13H16N4S. The zero-order valence-electron chi connectivity index (χ0n) is 10.3. The molecule has 2 rings (SSSR count). The fourth-order valence-electron chi connectivity index (χ4n) is 1.66. The molecular weight excluding hydrogens is 244 g/mol. The van der Waals surface area contributed by atoms with E-state index in [0.717, 1.165) is 31.0 Å². The van der Waals surface area contributed by atoms with Gasteiger partial charge in [-0.3, -0.25) is 4.98 Å². The Hall–Kier alpha value is -1.75. The Labute approximate surface area is 112 Å². The topological polar surface area (TPSA) is 53.6 Å². The Bertz CT molecular complexity index is 550. The molecule has 0 saturated heterocycles. The van der Waals surface area contributed by atoms with E-state index < -0.39 is 0 Å². The van der Waals surface area contributed by atoms with Crippen molar-refractivity contribution in [2.45, 2.75) is 26.3 Å². The highest BCUT2D eigenvalue weighted by atomic mass is 32.1. The number of H-pyrrole nitrogens is 1. The number of pyridine rings is 1. The van der Waals surface area contributed by atoms with Gasteiger partial charge in [0, 0.05) is 31.4 Å². The van der Waals surface area contributed by atoms with Crippen LogP contribution in [0.1, 0.15) is 24.7 Å². The van der Waals surface area contributed by atoms with Crippen LogP contribution in [-0.2, 0) is 13.0 Å². The van der Waals surface area contributed by atoms with Gasteiger partial charge in [0.15, 0.2) is 0 Å². The SMILES string of the molecule is CCCc1nc(=S)cc(NCc2ccncc2)[nH]1. The molecule has 0 spiro atoms. The molecule has 2 heterocycles. The fraction of sp³-hybridized carbons (Fsp3) is 0.308. The predicted octanol–water partition coefficient (Wildman–Crippen LogP) is 3.10. The average molecular weight is 260 g/mol. The summed E-state index contributed by atoms with van der Waals surface area (Å²) in [6.07, 6.45) is 5.53. The van der Waals surface area contributed by atoms with Gasteiger partial charge in [0.05, 0.1) is 0 Å². The minimum absolute atomic E-state index is 0.620. The van der Waals surface area contributed by atoms with Gasteiger partial charge >= 0.3 is 0 Å². The van der Waals surface area contributed by atoms with Crippen LogP contribution < -0.4 is 5.32 Å². The minimum atomic E-state index is 0.620. The normalized spacial score (nSPS) is 10.3. The number of hydrogen-bond acceptors (Lipinski definition) is 4. The summed E-state index contributed by atoms with van der Waals surface area (Å²) >= 11 is 5.15. The second-order valence-corrected chi connectivity index (χ2v) is 4.46. The Morgan fingerprint density at radius 3 is 2.83 bits per heavy atom. The van der Waals surface area contributed by atoms with E-state index in [4.69, 9.17) is 12.2 Å². The fourth-order valence-corrected chi connectivity index (χ4v) is 1.88. The molecule has 0 fully saturated rings. The lowest BCUT2D eigenvalue weighted by Crippen LogP contribution is -2.04. The third kappa shape index (κ3) is 3.63. The molecule has 2 aromatic rings. The van der Waals surface area contributed by atoms with Crippen molar-refractivity contribution in [1.29, 1.82) is 0 Å². The standard InChI is InChI=1S/C13H16N4S/c1-2-3-11-16-12(8-13(18)17-11)15-9-10-4-6-14-7-5-10/h4-8H,2-3,9H2,1H3,(H2,15,16,17,18). The van der Waals surface area contributed by atoms with Crippen molar-refractivity contribution in [2.75, 3.05) is 5.32 Å². The van der Waals surface area contributed by atoms with E-state index >= 15 is 0 Å². The lowest BCUT2D eigenvalue weighted by Gasteiger charge is -2.08. The van der Waals surface area contributed by atoms with Crippen molar-refractivity contribution in [3.8, 4) is 0 Å². The molecule has 0 atom stereocenters. The number of nitrogens with one attached hydrogen (secondary N) is 2. The summed E-state index contributed by atoms with van der Waals surface area (Å²) in [6.45, 7) is 2.86. The lowest BCUT2D eigenvalue weighted by atomic mass is 10.3. The van der Waals surface area contributed by atoms with Crippen molar-refractivity contribution in [3.05, 3.63) is 46.6 Å². The maximum absolute atomic E-state index is 5.15. The van der Waals surface area contributed by atoms with Gasteiger partial charge < -0.3 is 10.3 Å². The highest BCUT2D eigenvalue weighted by Crippen LogP contribution is 2.07. The number of nitrogens with zero attached hydrogens (tertiary/aromatic N) is 2. The Morgan fingerprint density at radius 1 is 1.33 bits per heavy atom. The van der Waals surface area contributed by atoms with Gasteiger partial charge in [-0.2, -0.15) is 0 Å². The average Bonchev–Trinajstić information content (AvgIpc) is 2.37. The molecule has 18 heavy (non-hydrogen) atoms. The predicted molar refractivity (Wildman–Crippen MR) is 75.0 cm³/mol. The van der Waals surface area contributed by atoms with Crippen LogP contribution in [0.25, 0.3) is 0 Å². The summed E-state index contributed by atoms with van der Waals surface area (Å²) in [4.78, 5) is 11.5. The van der Waals surface area contributed by atoms with E-state index in [0.29, 0.717) is 4.64 Å². The smallest absolute Gasteiger partial charge is 0.131 e. The highest BCUT2D eigenvalue weighted by molar-refractivity contribution is 7.71. The van der Waals surface area contributed by atoms with Crippen molar-refractivity contribution in [2.24, 2.45) is 0 Å². The van der Waals surface area contributed by atoms with Gasteiger partial charge in [0.1, 0.15) is 16.3 Å². The van der Waals surface area contributed by atoms with Gasteiger partial charge in [0.2, 0.25) is 0 Å². The highest BCUT2D eigenvalue weighted by Gasteiger charge is 1.98. The van der Waals surface area contributed by atoms with Gasteiger partial charge in [0.25, 0.3) is 0 Å². The molecule has 0 aliphatic heterocycles. The molecule has 4 nitrogen and oxygen atoms in total. The second kappa shape index (κ2) is 6.26. The summed E-state index contributed by atoms with van der Waals surface area (Å²) in [5.74, 6) is 1.84. The molecule has 0 unspecified atom stereocenters. The summed E-state index contributed by atoms with van der Waals surface area (Å²) < 4.78 is 0.620. The summed E-state index contributed by atoms with van der Waals surface area (Å²) in [7, 11) is 0. The summed E-state index contributed by atoms with van der Waals surface area (Å²) in [5, 5.41) is 3.31. The van der Waals surface area contributed by atoms with Crippen LogP contribution in [0.3, 0.4) is 0 Å². The van der Waals surface area contributed by atoms with Crippen molar-refractivity contribution >= 4 is 18.0 Å². The van der Waals surface area contributed by atoms with Crippen LogP contribution in [0.4, 0.5) is 5.82 Å². The molecule has 0 radical (unpaired) electrons. The quantitative estimate of drug-likeness (QED) is 0.811. The van der Waals surface area contributed by atoms with Crippen molar-refractivity contribution in [3.63, 3.8) is 0 Å². The van der Waals surface area contributed by atoms with E-state index in [-0.39, 0.29) is 0 Å². The van der Waals surface area contributed by atoms with E-state index in [1.807, 2.05) is 18.2 Å². The van der Waals surface area contributed by atoms with Gasteiger partial charge in [-0.05, 0) is 24.1 Å². The van der Waals surface area contributed by atoms with Gasteiger partial charge in [-0.25, -0.2) is 4.98 Å². The molecule has 0 amide bonds. The van der Waals surface area contributed by atoms with E-state index in [2.05, 4.69) is 27.2 Å². The Morgan fingerprint density at radius 2 is 2.11 bits per heavy atom. The molecule has 0 aromatic carbocycles. The van der Waals surface area contributed by atoms with Crippen LogP contribution in [0, 0.1) is 4.64 Å². The first-order valence-corrected chi connectivity index (χ1v) is 6.42. The van der Waals surface area contributed by atoms with Crippen LogP contribution in [0.5, 0.6) is 0 Å². The monoisotopic (exact) mass is 260 g/mol. The third-order valence-corrected chi connectivity index (χ3v) is 2.72. The first-order valence-electron chi connectivity index (χ1n) is 6.01. The second-order valence-electron chi connectivity index (χ2n) is 4.04. The summed E-state index contributed by atoms with van der Waals surface area (Å²) in [5.41, 5.74) is 1.18. The number of rotatable bonds is 5. The number of aromatic amines is 1. The molecule has 0 saturated carbocycles. The largest absolute Gasteiger partial charge is 0.367 e. The zero-order chi connectivity index (χ0) is 12.8. The van der Waals surface area contributed by atoms with Crippen LogP contribution >= 0.6 is 12.2 Å². The molecule has 0 bridgehead atoms. The van der Waals surface area contributed by atoms with Crippen molar-refractivity contribution in [1.82, 2.24) is 15.0 Å². The van der Waals surface area contributed by atoms with Crippen LogP contribution in [0.2, 0.25) is 0 Å². The molecule has 2 aromatic heterocycles. The first kappa shape index (κ1) is 12.7. The number of aryl methyl sites for hydroxylation is 1. The van der Waals surface area contributed by atoms with E-state index in [1.54, 1.807) is 12.4 Å². The van der Waals surface area contributed by atoms with Crippen molar-refractivity contribution < 1.29 is 0 Å². The first-order chi connectivity index (χ1) is 8.78. The number of aromatic nitrogens is 3. The number of hydrogen-bond donors (Lipinski definition) is 2. The van der Waals surface area contributed by atoms with Crippen LogP contribution in [-0.4, -0.2) is 15.0 Å². The zero-order valence-corrected chi connectivity index (χ0v) is 11.1. The van der Waals surface area contributed by atoms with E-state index in [1.165, 1.54) is 5.56 Å². The molecule has 0 aliphatic rings.